The van der Waals surface area contributed by atoms with Gasteiger partial charge in [0.05, 0.1) is 12.5 Å². The molecule has 0 bridgehead atoms. The highest BCUT2D eigenvalue weighted by Crippen LogP contribution is 2.22. The molecule has 1 aromatic carbocycles. The van der Waals surface area contributed by atoms with Gasteiger partial charge in [0.15, 0.2) is 0 Å². The van der Waals surface area contributed by atoms with Gasteiger partial charge in [-0.15, -0.1) is 12.3 Å². The highest BCUT2D eigenvalue weighted by atomic mass is 16.6. The summed E-state index contributed by atoms with van der Waals surface area (Å²) in [6.07, 6.45) is 12.1. The van der Waals surface area contributed by atoms with E-state index in [1.807, 2.05) is 57.2 Å². The highest BCUT2D eigenvalue weighted by molar-refractivity contribution is 5.89. The molecule has 0 spiro atoms. The van der Waals surface area contributed by atoms with Crippen LogP contribution >= 0.6 is 0 Å². The molecule has 222 valence electrons. The summed E-state index contributed by atoms with van der Waals surface area (Å²) in [6, 6.07) is 8.74. The Kier molecular flexibility index (Phi) is 11.8. The lowest BCUT2D eigenvalue weighted by atomic mass is 9.95. The number of hydrogen-bond donors (Lipinski definition) is 1. The van der Waals surface area contributed by atoms with E-state index in [-0.39, 0.29) is 43.4 Å². The predicted octanol–water partition coefficient (Wildman–Crippen LogP) is 3.72. The Morgan fingerprint density at radius 3 is 2.44 bits per heavy atom. The van der Waals surface area contributed by atoms with Crippen LogP contribution in [0.15, 0.2) is 42.5 Å². The molecular formula is C32H43N3O6. The van der Waals surface area contributed by atoms with Crippen LogP contribution in [0.25, 0.3) is 0 Å². The Labute approximate surface area is 243 Å². The van der Waals surface area contributed by atoms with Crippen molar-refractivity contribution >= 4 is 23.9 Å². The molecule has 0 aliphatic carbocycles. The topological polar surface area (TPSA) is 105 Å². The molecule has 3 amide bonds. The first-order valence-electron chi connectivity index (χ1n) is 14.4. The van der Waals surface area contributed by atoms with Gasteiger partial charge in [-0.3, -0.25) is 9.59 Å². The number of benzene rings is 1. The summed E-state index contributed by atoms with van der Waals surface area (Å²) in [5.74, 6) is 1.20. The minimum absolute atomic E-state index is 0.0285. The monoisotopic (exact) mass is 565 g/mol. The number of ether oxygens (including phenoxy) is 2. The molecule has 2 heterocycles. The molecule has 2 aliphatic heterocycles. The van der Waals surface area contributed by atoms with Crippen LogP contribution in [0.2, 0.25) is 0 Å². The van der Waals surface area contributed by atoms with Crippen molar-refractivity contribution < 1.29 is 28.7 Å². The SMILES string of the molecule is C#CC[C@H](NC(=O)[C@@H]1CCCN(C(=O)/C=C/C2CCN(C(=O)OC(C)(C)C)CC2)C1)C(=O)OCCc1ccccc1. The number of carbonyl (C=O) groups excluding carboxylic acids is 4. The maximum atomic E-state index is 13.0. The zero-order valence-electron chi connectivity index (χ0n) is 24.5. The number of allylic oxidation sites excluding steroid dienone is 1. The molecule has 2 aliphatic rings. The average Bonchev–Trinajstić information content (AvgIpc) is 2.95. The number of esters is 1. The molecule has 0 radical (unpaired) electrons. The van der Waals surface area contributed by atoms with Gasteiger partial charge >= 0.3 is 12.1 Å². The summed E-state index contributed by atoms with van der Waals surface area (Å²) in [5.41, 5.74) is 0.516. The number of amides is 3. The first-order chi connectivity index (χ1) is 19.6. The lowest BCUT2D eigenvalue weighted by Gasteiger charge is -2.33. The summed E-state index contributed by atoms with van der Waals surface area (Å²) in [4.78, 5) is 54.3. The molecule has 3 rings (SSSR count). The van der Waals surface area contributed by atoms with Crippen LogP contribution in [0.4, 0.5) is 4.79 Å². The molecule has 0 aromatic heterocycles. The standard InChI is InChI=1S/C32H43N3O6/c1-5-10-27(30(38)40-22-18-24-11-7-6-8-12-24)33-29(37)26-13-9-19-35(23-26)28(36)15-14-25-16-20-34(21-17-25)31(39)41-32(2,3)4/h1,6-8,11-12,14-15,25-27H,9-10,13,16-23H2,2-4H3,(H,33,37)/b15-14+/t26-,27+/m1/s1. The third-order valence-corrected chi connectivity index (χ3v) is 7.21. The van der Waals surface area contributed by atoms with Gasteiger partial charge < -0.3 is 24.6 Å². The zero-order valence-corrected chi connectivity index (χ0v) is 24.5. The Morgan fingerprint density at radius 1 is 1.07 bits per heavy atom. The quantitative estimate of drug-likeness (QED) is 0.278. The molecule has 1 aromatic rings. The Morgan fingerprint density at radius 2 is 1.78 bits per heavy atom. The van der Waals surface area contributed by atoms with Crippen molar-refractivity contribution in [2.45, 2.75) is 70.9 Å². The molecule has 41 heavy (non-hydrogen) atoms. The summed E-state index contributed by atoms with van der Waals surface area (Å²) in [5, 5.41) is 2.75. The van der Waals surface area contributed by atoms with Crippen molar-refractivity contribution in [3.63, 3.8) is 0 Å². The average molecular weight is 566 g/mol. The third kappa shape index (κ3) is 10.6. The fraction of sp³-hybridized carbons (Fsp3) is 0.562. The van der Waals surface area contributed by atoms with Crippen molar-refractivity contribution in [1.29, 1.82) is 0 Å². The first-order valence-corrected chi connectivity index (χ1v) is 14.4. The van der Waals surface area contributed by atoms with E-state index in [2.05, 4.69) is 11.2 Å². The minimum Gasteiger partial charge on any atom is -0.464 e. The van der Waals surface area contributed by atoms with Gasteiger partial charge in [-0.1, -0.05) is 36.4 Å². The molecule has 0 unspecified atom stereocenters. The highest BCUT2D eigenvalue weighted by Gasteiger charge is 2.31. The van der Waals surface area contributed by atoms with Gasteiger partial charge in [-0.05, 0) is 64.0 Å². The van der Waals surface area contributed by atoms with Crippen LogP contribution < -0.4 is 5.32 Å². The number of nitrogens with one attached hydrogen (secondary N) is 1. The van der Waals surface area contributed by atoms with E-state index in [1.54, 1.807) is 15.9 Å². The van der Waals surface area contributed by atoms with Crippen LogP contribution in [-0.2, 0) is 30.3 Å². The van der Waals surface area contributed by atoms with E-state index in [4.69, 9.17) is 15.9 Å². The van der Waals surface area contributed by atoms with Crippen LogP contribution in [0, 0.1) is 24.2 Å². The Balaban J connectivity index is 1.45. The van der Waals surface area contributed by atoms with E-state index in [0.717, 1.165) is 18.4 Å². The van der Waals surface area contributed by atoms with Crippen molar-refractivity contribution in [2.24, 2.45) is 11.8 Å². The smallest absolute Gasteiger partial charge is 0.410 e. The zero-order chi connectivity index (χ0) is 29.8. The number of carbonyl (C=O) groups is 4. The number of likely N-dealkylation sites (tertiary alicyclic amines) is 2. The molecule has 9 heteroatoms. The van der Waals surface area contributed by atoms with E-state index in [9.17, 15) is 19.2 Å². The van der Waals surface area contributed by atoms with Gasteiger partial charge in [-0.25, -0.2) is 9.59 Å². The molecule has 1 N–H and O–H groups in total. The first kappa shape index (κ1) is 31.7. The van der Waals surface area contributed by atoms with Gasteiger partial charge in [0.2, 0.25) is 11.8 Å². The third-order valence-electron chi connectivity index (χ3n) is 7.21. The second kappa shape index (κ2) is 15.3. The van der Waals surface area contributed by atoms with Crippen molar-refractivity contribution in [2.75, 3.05) is 32.8 Å². The predicted molar refractivity (Wildman–Crippen MR) is 155 cm³/mol. The summed E-state index contributed by atoms with van der Waals surface area (Å²) in [6.45, 7) is 7.74. The second-order valence-corrected chi connectivity index (χ2v) is 11.7. The number of terminal acetylenes is 1. The maximum absolute atomic E-state index is 13.0. The van der Waals surface area contributed by atoms with Crippen LogP contribution in [0.1, 0.15) is 58.4 Å². The van der Waals surface area contributed by atoms with E-state index in [0.29, 0.717) is 38.9 Å². The maximum Gasteiger partial charge on any atom is 0.410 e. The van der Waals surface area contributed by atoms with Crippen LogP contribution in [0.3, 0.4) is 0 Å². The summed E-state index contributed by atoms with van der Waals surface area (Å²) in [7, 11) is 0. The second-order valence-electron chi connectivity index (χ2n) is 11.7. The number of nitrogens with zero attached hydrogens (tertiary/aromatic N) is 2. The fourth-order valence-electron chi connectivity index (χ4n) is 4.93. The minimum atomic E-state index is -0.930. The molecule has 0 saturated carbocycles. The largest absolute Gasteiger partial charge is 0.464 e. The van der Waals surface area contributed by atoms with E-state index in [1.165, 1.54) is 0 Å². The Bertz CT molecular complexity index is 1110. The lowest BCUT2D eigenvalue weighted by molar-refractivity contribution is -0.148. The van der Waals surface area contributed by atoms with Gasteiger partial charge in [0.1, 0.15) is 11.6 Å². The van der Waals surface area contributed by atoms with Crippen LogP contribution in [-0.4, -0.2) is 78.1 Å². The molecular weight excluding hydrogens is 522 g/mol. The van der Waals surface area contributed by atoms with Gasteiger partial charge in [0.25, 0.3) is 0 Å². The molecule has 2 atom stereocenters. The summed E-state index contributed by atoms with van der Waals surface area (Å²) < 4.78 is 10.8. The number of hydrogen-bond acceptors (Lipinski definition) is 6. The Hall–Kier alpha value is -3.80. The lowest BCUT2D eigenvalue weighted by Crippen LogP contribution is -2.49. The van der Waals surface area contributed by atoms with E-state index < -0.39 is 23.5 Å². The molecule has 2 fully saturated rings. The number of rotatable bonds is 9. The summed E-state index contributed by atoms with van der Waals surface area (Å²) >= 11 is 0. The molecule has 9 nitrogen and oxygen atoms in total. The van der Waals surface area contributed by atoms with Gasteiger partial charge in [-0.2, -0.15) is 0 Å². The molecule has 2 saturated heterocycles. The van der Waals surface area contributed by atoms with Gasteiger partial charge in [0, 0.05) is 39.0 Å². The van der Waals surface area contributed by atoms with Crippen molar-refractivity contribution in [1.82, 2.24) is 15.1 Å². The van der Waals surface area contributed by atoms with Crippen LogP contribution in [0.5, 0.6) is 0 Å². The van der Waals surface area contributed by atoms with E-state index >= 15 is 0 Å². The normalized spacial score (nSPS) is 18.8. The number of piperidine rings is 2. The van der Waals surface area contributed by atoms with Crippen molar-refractivity contribution in [3.8, 4) is 12.3 Å². The fourth-order valence-corrected chi connectivity index (χ4v) is 4.93. The van der Waals surface area contributed by atoms with Crippen molar-refractivity contribution in [3.05, 3.63) is 48.0 Å².